The summed E-state index contributed by atoms with van der Waals surface area (Å²) in [7, 11) is 0. The zero-order chi connectivity index (χ0) is 11.7. The summed E-state index contributed by atoms with van der Waals surface area (Å²) in [6.07, 6.45) is 4.49. The van der Waals surface area contributed by atoms with E-state index < -0.39 is 0 Å². The number of nitrogen functional groups attached to an aromatic ring is 1. The fourth-order valence-corrected chi connectivity index (χ4v) is 1.75. The van der Waals surface area contributed by atoms with E-state index in [1.807, 2.05) is 36.4 Å². The van der Waals surface area contributed by atoms with Crippen molar-refractivity contribution < 1.29 is 4.74 Å². The molecule has 3 nitrogen and oxygen atoms in total. The third-order valence-corrected chi connectivity index (χ3v) is 2.83. The summed E-state index contributed by atoms with van der Waals surface area (Å²) in [4.78, 5) is 4.08. The largest absolute Gasteiger partial charge is 0.490 e. The van der Waals surface area contributed by atoms with Gasteiger partial charge in [0.2, 0.25) is 0 Å². The van der Waals surface area contributed by atoms with Gasteiger partial charge in [-0.3, -0.25) is 0 Å². The Hall–Kier alpha value is -2.03. The van der Waals surface area contributed by atoms with E-state index >= 15 is 0 Å². The number of hydrogen-bond donors (Lipinski definition) is 1. The number of hydrogen-bond acceptors (Lipinski definition) is 3. The van der Waals surface area contributed by atoms with Gasteiger partial charge in [-0.2, -0.15) is 0 Å². The molecule has 0 unspecified atom stereocenters. The highest BCUT2D eigenvalue weighted by Crippen LogP contribution is 2.29. The Balaban J connectivity index is 1.86. The highest BCUT2D eigenvalue weighted by atomic mass is 16.5. The van der Waals surface area contributed by atoms with E-state index in [9.17, 15) is 0 Å². The van der Waals surface area contributed by atoms with E-state index in [0.29, 0.717) is 11.9 Å². The van der Waals surface area contributed by atoms with Gasteiger partial charge in [-0.1, -0.05) is 12.1 Å². The van der Waals surface area contributed by atoms with E-state index in [1.54, 1.807) is 6.20 Å². The first kappa shape index (κ1) is 10.1. The number of nitrogens with two attached hydrogens (primary N) is 1. The van der Waals surface area contributed by atoms with Crippen LogP contribution in [0.3, 0.4) is 0 Å². The highest BCUT2D eigenvalue weighted by Gasteiger charge is 2.23. The van der Waals surface area contributed by atoms with Gasteiger partial charge in [0, 0.05) is 11.8 Å². The molecule has 86 valence electrons. The molecular weight excluding hydrogens is 212 g/mol. The molecule has 1 aromatic carbocycles. The van der Waals surface area contributed by atoms with E-state index in [1.165, 1.54) is 12.8 Å². The number of aromatic nitrogens is 1. The fraction of sp³-hybridized carbons (Fsp3) is 0.214. The zero-order valence-electron chi connectivity index (χ0n) is 9.47. The molecule has 0 aliphatic heterocycles. The SMILES string of the molecule is Nc1ncccc1-c1ccc(OC2CC2)cc1. The van der Waals surface area contributed by atoms with Crippen molar-refractivity contribution in [2.75, 3.05) is 5.73 Å². The van der Waals surface area contributed by atoms with E-state index in [2.05, 4.69) is 4.98 Å². The third-order valence-electron chi connectivity index (χ3n) is 2.83. The summed E-state index contributed by atoms with van der Waals surface area (Å²) >= 11 is 0. The van der Waals surface area contributed by atoms with Crippen LogP contribution in [0.5, 0.6) is 5.75 Å². The van der Waals surface area contributed by atoms with Gasteiger partial charge in [0.1, 0.15) is 11.6 Å². The van der Waals surface area contributed by atoms with E-state index in [4.69, 9.17) is 10.5 Å². The molecule has 2 N–H and O–H groups in total. The van der Waals surface area contributed by atoms with Gasteiger partial charge >= 0.3 is 0 Å². The molecule has 2 aromatic rings. The van der Waals surface area contributed by atoms with Crippen LogP contribution in [0.1, 0.15) is 12.8 Å². The van der Waals surface area contributed by atoms with Crippen LogP contribution in [-0.4, -0.2) is 11.1 Å². The zero-order valence-corrected chi connectivity index (χ0v) is 9.47. The molecule has 0 atom stereocenters. The van der Waals surface area contributed by atoms with Gasteiger partial charge < -0.3 is 10.5 Å². The predicted octanol–water partition coefficient (Wildman–Crippen LogP) is 2.87. The second-order valence-electron chi connectivity index (χ2n) is 4.28. The Labute approximate surface area is 100 Å². The molecule has 1 aliphatic carbocycles. The van der Waals surface area contributed by atoms with Gasteiger partial charge in [-0.25, -0.2) is 4.98 Å². The summed E-state index contributed by atoms with van der Waals surface area (Å²) in [5, 5.41) is 0. The molecule has 1 fully saturated rings. The third kappa shape index (κ3) is 2.23. The number of nitrogens with zero attached hydrogens (tertiary/aromatic N) is 1. The lowest BCUT2D eigenvalue weighted by molar-refractivity contribution is 0.303. The van der Waals surface area contributed by atoms with E-state index in [-0.39, 0.29) is 0 Å². The smallest absolute Gasteiger partial charge is 0.131 e. The Morgan fingerprint density at radius 2 is 1.88 bits per heavy atom. The van der Waals surface area contributed by atoms with Crippen molar-refractivity contribution in [2.24, 2.45) is 0 Å². The van der Waals surface area contributed by atoms with Crippen molar-refractivity contribution in [3.05, 3.63) is 42.6 Å². The van der Waals surface area contributed by atoms with Gasteiger partial charge in [0.25, 0.3) is 0 Å². The van der Waals surface area contributed by atoms with Crippen LogP contribution in [0.2, 0.25) is 0 Å². The summed E-state index contributed by atoms with van der Waals surface area (Å²) in [6.45, 7) is 0. The second kappa shape index (κ2) is 4.09. The lowest BCUT2D eigenvalue weighted by Crippen LogP contribution is -1.96. The van der Waals surface area contributed by atoms with Crippen molar-refractivity contribution in [3.63, 3.8) is 0 Å². The molecule has 0 bridgehead atoms. The van der Waals surface area contributed by atoms with Crippen molar-refractivity contribution in [3.8, 4) is 16.9 Å². The molecule has 1 saturated carbocycles. The first-order valence-corrected chi connectivity index (χ1v) is 5.80. The average Bonchev–Trinajstić information content (AvgIpc) is 3.15. The maximum absolute atomic E-state index is 5.84. The Morgan fingerprint density at radius 1 is 1.12 bits per heavy atom. The number of ether oxygens (including phenoxy) is 1. The molecule has 1 heterocycles. The van der Waals surface area contributed by atoms with Crippen LogP contribution in [0.4, 0.5) is 5.82 Å². The van der Waals surface area contributed by atoms with Gasteiger partial charge in [-0.05, 0) is 42.7 Å². The van der Waals surface area contributed by atoms with Crippen molar-refractivity contribution in [1.29, 1.82) is 0 Å². The summed E-state index contributed by atoms with van der Waals surface area (Å²) in [6, 6.07) is 11.9. The first-order chi connectivity index (χ1) is 8.33. The number of benzene rings is 1. The van der Waals surface area contributed by atoms with Crippen molar-refractivity contribution in [2.45, 2.75) is 18.9 Å². The average molecular weight is 226 g/mol. The molecule has 17 heavy (non-hydrogen) atoms. The summed E-state index contributed by atoms with van der Waals surface area (Å²) in [5.74, 6) is 1.49. The van der Waals surface area contributed by atoms with Gasteiger partial charge in [0.15, 0.2) is 0 Å². The Bertz CT molecular complexity index is 518. The Kier molecular flexibility index (Phi) is 2.44. The molecule has 3 rings (SSSR count). The van der Waals surface area contributed by atoms with Crippen LogP contribution < -0.4 is 10.5 Å². The number of pyridine rings is 1. The van der Waals surface area contributed by atoms with E-state index in [0.717, 1.165) is 16.9 Å². The molecular formula is C14H14N2O. The number of rotatable bonds is 3. The highest BCUT2D eigenvalue weighted by molar-refractivity contribution is 5.73. The van der Waals surface area contributed by atoms with Crippen molar-refractivity contribution >= 4 is 5.82 Å². The second-order valence-corrected chi connectivity index (χ2v) is 4.28. The lowest BCUT2D eigenvalue weighted by atomic mass is 10.1. The maximum Gasteiger partial charge on any atom is 0.131 e. The molecule has 0 radical (unpaired) electrons. The maximum atomic E-state index is 5.84. The Morgan fingerprint density at radius 3 is 2.53 bits per heavy atom. The van der Waals surface area contributed by atoms with Gasteiger partial charge in [-0.15, -0.1) is 0 Å². The monoisotopic (exact) mass is 226 g/mol. The minimum Gasteiger partial charge on any atom is -0.490 e. The lowest BCUT2D eigenvalue weighted by Gasteiger charge is -2.07. The minimum absolute atomic E-state index is 0.435. The molecule has 1 aliphatic rings. The summed E-state index contributed by atoms with van der Waals surface area (Å²) in [5.41, 5.74) is 7.87. The van der Waals surface area contributed by atoms with Gasteiger partial charge in [0.05, 0.1) is 6.10 Å². The first-order valence-electron chi connectivity index (χ1n) is 5.80. The number of anilines is 1. The normalized spacial score (nSPS) is 14.6. The standard InChI is InChI=1S/C14H14N2O/c15-14-13(2-1-9-16-14)10-3-5-11(6-4-10)17-12-7-8-12/h1-6,9,12H,7-8H2,(H2,15,16). The van der Waals surface area contributed by atoms with Crippen LogP contribution >= 0.6 is 0 Å². The molecule has 3 heteroatoms. The van der Waals surface area contributed by atoms with Crippen LogP contribution in [-0.2, 0) is 0 Å². The molecule has 0 saturated heterocycles. The minimum atomic E-state index is 0.435. The van der Waals surface area contributed by atoms with Crippen LogP contribution in [0.25, 0.3) is 11.1 Å². The van der Waals surface area contributed by atoms with Crippen LogP contribution in [0, 0.1) is 0 Å². The summed E-state index contributed by atoms with van der Waals surface area (Å²) < 4.78 is 5.70. The topological polar surface area (TPSA) is 48.1 Å². The quantitative estimate of drug-likeness (QED) is 0.875. The fourth-order valence-electron chi connectivity index (χ4n) is 1.75. The predicted molar refractivity (Wildman–Crippen MR) is 67.7 cm³/mol. The van der Waals surface area contributed by atoms with Crippen molar-refractivity contribution in [1.82, 2.24) is 4.98 Å². The molecule has 0 spiro atoms. The van der Waals surface area contributed by atoms with Crippen LogP contribution in [0.15, 0.2) is 42.6 Å². The molecule has 1 aromatic heterocycles. The molecule has 0 amide bonds.